The summed E-state index contributed by atoms with van der Waals surface area (Å²) in [4.78, 5) is 18.8. The minimum Gasteiger partial charge on any atom is -0.476 e. The number of aromatic nitrogens is 3. The molecule has 5 nitrogen and oxygen atoms in total. The minimum atomic E-state index is -1.06. The van der Waals surface area contributed by atoms with Crippen LogP contribution in [0.1, 0.15) is 16.3 Å². The highest BCUT2D eigenvalue weighted by Crippen LogP contribution is 2.19. The fourth-order valence-electron chi connectivity index (χ4n) is 1.24. The molecule has 2 rings (SSSR count). The van der Waals surface area contributed by atoms with Crippen molar-refractivity contribution < 1.29 is 9.90 Å². The van der Waals surface area contributed by atoms with E-state index < -0.39 is 5.97 Å². The van der Waals surface area contributed by atoms with Crippen LogP contribution in [0.3, 0.4) is 0 Å². The SMILES string of the molecule is Cc1nccc2nc(C(=O)O)c(Br)n12. The third kappa shape index (κ3) is 1.19. The van der Waals surface area contributed by atoms with Crippen LogP contribution in [0, 0.1) is 6.92 Å². The van der Waals surface area contributed by atoms with Gasteiger partial charge >= 0.3 is 5.97 Å². The van der Waals surface area contributed by atoms with Gasteiger partial charge in [0.25, 0.3) is 0 Å². The Morgan fingerprint density at radius 1 is 1.64 bits per heavy atom. The molecule has 1 N–H and O–H groups in total. The molecule has 0 aliphatic heterocycles. The lowest BCUT2D eigenvalue weighted by atomic mass is 10.5. The molecular formula is C8H6BrN3O2. The predicted octanol–water partition coefficient (Wildman–Crippen LogP) is 1.50. The third-order valence-corrected chi connectivity index (χ3v) is 2.59. The van der Waals surface area contributed by atoms with E-state index >= 15 is 0 Å². The van der Waals surface area contributed by atoms with Crippen molar-refractivity contribution in [2.75, 3.05) is 0 Å². The second kappa shape index (κ2) is 3.06. The average molecular weight is 256 g/mol. The van der Waals surface area contributed by atoms with Crippen LogP contribution < -0.4 is 0 Å². The second-order valence-electron chi connectivity index (χ2n) is 2.74. The molecule has 6 heteroatoms. The van der Waals surface area contributed by atoms with E-state index in [1.54, 1.807) is 23.6 Å². The average Bonchev–Trinajstić information content (AvgIpc) is 2.45. The van der Waals surface area contributed by atoms with Gasteiger partial charge in [-0.25, -0.2) is 14.8 Å². The molecular weight excluding hydrogens is 250 g/mol. The zero-order valence-electron chi connectivity index (χ0n) is 7.23. The Balaban J connectivity index is 2.87. The molecule has 0 aromatic carbocycles. The van der Waals surface area contributed by atoms with Crippen molar-refractivity contribution in [2.24, 2.45) is 0 Å². The number of aromatic carboxylic acids is 1. The number of carboxylic acid groups (broad SMARTS) is 1. The van der Waals surface area contributed by atoms with Crippen LogP contribution in [-0.4, -0.2) is 25.4 Å². The first kappa shape index (κ1) is 9.14. The molecule has 2 aromatic rings. The first-order valence-electron chi connectivity index (χ1n) is 3.84. The highest BCUT2D eigenvalue weighted by molar-refractivity contribution is 9.10. The first-order valence-corrected chi connectivity index (χ1v) is 4.63. The lowest BCUT2D eigenvalue weighted by Crippen LogP contribution is -1.98. The zero-order chi connectivity index (χ0) is 10.3. The van der Waals surface area contributed by atoms with E-state index in [1.165, 1.54) is 0 Å². The van der Waals surface area contributed by atoms with Gasteiger partial charge in [-0.2, -0.15) is 0 Å². The van der Waals surface area contributed by atoms with Crippen LogP contribution in [0.2, 0.25) is 0 Å². The van der Waals surface area contributed by atoms with Crippen molar-refractivity contribution in [3.8, 4) is 0 Å². The van der Waals surface area contributed by atoms with Gasteiger partial charge in [0.15, 0.2) is 5.69 Å². The number of aryl methyl sites for hydroxylation is 1. The van der Waals surface area contributed by atoms with E-state index in [2.05, 4.69) is 25.9 Å². The first-order chi connectivity index (χ1) is 6.61. The monoisotopic (exact) mass is 255 g/mol. The molecule has 2 aromatic heterocycles. The van der Waals surface area contributed by atoms with Gasteiger partial charge in [-0.3, -0.25) is 4.40 Å². The van der Waals surface area contributed by atoms with Gasteiger partial charge in [0.1, 0.15) is 16.1 Å². The minimum absolute atomic E-state index is 0.00102. The summed E-state index contributed by atoms with van der Waals surface area (Å²) in [6.07, 6.45) is 1.59. The van der Waals surface area contributed by atoms with Crippen LogP contribution in [0.4, 0.5) is 0 Å². The number of fused-ring (bicyclic) bond motifs is 1. The topological polar surface area (TPSA) is 67.5 Å². The number of halogens is 1. The highest BCUT2D eigenvalue weighted by Gasteiger charge is 2.16. The van der Waals surface area contributed by atoms with Gasteiger partial charge in [-0.05, 0) is 28.9 Å². The predicted molar refractivity (Wildman–Crippen MR) is 52.4 cm³/mol. The van der Waals surface area contributed by atoms with Gasteiger partial charge in [-0.15, -0.1) is 0 Å². The Hall–Kier alpha value is -1.43. The lowest BCUT2D eigenvalue weighted by molar-refractivity contribution is 0.0690. The third-order valence-electron chi connectivity index (χ3n) is 1.86. The molecule has 0 radical (unpaired) electrons. The Morgan fingerprint density at radius 2 is 2.36 bits per heavy atom. The molecule has 0 atom stereocenters. The molecule has 2 heterocycles. The van der Waals surface area contributed by atoms with Crippen LogP contribution in [-0.2, 0) is 0 Å². The lowest BCUT2D eigenvalue weighted by Gasteiger charge is -1.97. The fourth-order valence-corrected chi connectivity index (χ4v) is 1.94. The molecule has 0 spiro atoms. The number of imidazole rings is 1. The summed E-state index contributed by atoms with van der Waals surface area (Å²) in [5, 5.41) is 8.83. The van der Waals surface area contributed by atoms with E-state index in [9.17, 15) is 4.79 Å². The molecule has 0 aliphatic carbocycles. The summed E-state index contributed by atoms with van der Waals surface area (Å²) in [7, 11) is 0. The van der Waals surface area contributed by atoms with Crippen molar-refractivity contribution in [3.05, 3.63) is 28.4 Å². The quantitative estimate of drug-likeness (QED) is 0.839. The number of hydrogen-bond donors (Lipinski definition) is 1. The van der Waals surface area contributed by atoms with Gasteiger partial charge in [0, 0.05) is 6.20 Å². The maximum Gasteiger partial charge on any atom is 0.357 e. The number of hydrogen-bond acceptors (Lipinski definition) is 3. The molecule has 0 unspecified atom stereocenters. The largest absolute Gasteiger partial charge is 0.476 e. The van der Waals surface area contributed by atoms with Gasteiger partial charge in [-0.1, -0.05) is 0 Å². The fraction of sp³-hybridized carbons (Fsp3) is 0.125. The zero-order valence-corrected chi connectivity index (χ0v) is 8.82. The van der Waals surface area contributed by atoms with E-state index in [0.717, 1.165) is 0 Å². The molecule has 0 amide bonds. The number of nitrogens with zero attached hydrogens (tertiary/aromatic N) is 3. The molecule has 0 fully saturated rings. The van der Waals surface area contributed by atoms with Crippen LogP contribution in [0.15, 0.2) is 16.9 Å². The summed E-state index contributed by atoms with van der Waals surface area (Å²) >= 11 is 3.18. The Kier molecular flexibility index (Phi) is 1.99. The summed E-state index contributed by atoms with van der Waals surface area (Å²) < 4.78 is 2.06. The summed E-state index contributed by atoms with van der Waals surface area (Å²) in [5.41, 5.74) is 0.572. The maximum absolute atomic E-state index is 10.8. The molecule has 0 saturated carbocycles. The van der Waals surface area contributed by atoms with E-state index in [-0.39, 0.29) is 5.69 Å². The van der Waals surface area contributed by atoms with Gasteiger partial charge < -0.3 is 5.11 Å². The van der Waals surface area contributed by atoms with Crippen molar-refractivity contribution >= 4 is 27.5 Å². The maximum atomic E-state index is 10.8. The van der Waals surface area contributed by atoms with Crippen molar-refractivity contribution in [3.63, 3.8) is 0 Å². The Morgan fingerprint density at radius 3 is 2.93 bits per heavy atom. The normalized spacial score (nSPS) is 10.7. The number of rotatable bonds is 1. The highest BCUT2D eigenvalue weighted by atomic mass is 79.9. The summed E-state index contributed by atoms with van der Waals surface area (Å²) in [6.45, 7) is 1.78. The van der Waals surface area contributed by atoms with Crippen molar-refractivity contribution in [2.45, 2.75) is 6.92 Å². The second-order valence-corrected chi connectivity index (χ2v) is 3.49. The van der Waals surface area contributed by atoms with E-state index in [0.29, 0.717) is 16.1 Å². The van der Waals surface area contributed by atoms with Crippen LogP contribution in [0.25, 0.3) is 5.65 Å². The Bertz CT molecular complexity index is 521. The molecule has 0 bridgehead atoms. The standard InChI is InChI=1S/C8H6BrN3O2/c1-4-10-3-2-5-11-6(8(13)14)7(9)12(4)5/h2-3H,1H3,(H,13,14). The van der Waals surface area contributed by atoms with Gasteiger partial charge in [0.05, 0.1) is 0 Å². The molecule has 0 aliphatic rings. The summed E-state index contributed by atoms with van der Waals surface area (Å²) in [5.74, 6) is -0.366. The molecule has 72 valence electrons. The summed E-state index contributed by atoms with van der Waals surface area (Å²) in [6, 6.07) is 1.66. The number of carbonyl (C=O) groups is 1. The molecule has 14 heavy (non-hydrogen) atoms. The van der Waals surface area contributed by atoms with Crippen LogP contribution >= 0.6 is 15.9 Å². The van der Waals surface area contributed by atoms with Crippen LogP contribution in [0.5, 0.6) is 0 Å². The Labute approximate surface area is 87.5 Å². The van der Waals surface area contributed by atoms with Crippen molar-refractivity contribution in [1.29, 1.82) is 0 Å². The van der Waals surface area contributed by atoms with E-state index in [1.807, 2.05) is 0 Å². The van der Waals surface area contributed by atoms with Gasteiger partial charge in [0.2, 0.25) is 0 Å². The smallest absolute Gasteiger partial charge is 0.357 e. The van der Waals surface area contributed by atoms with Crippen molar-refractivity contribution in [1.82, 2.24) is 14.4 Å². The number of carboxylic acids is 1. The van der Waals surface area contributed by atoms with E-state index in [4.69, 9.17) is 5.11 Å². The molecule has 0 saturated heterocycles.